The highest BCUT2D eigenvalue weighted by Crippen LogP contribution is 2.21. The Kier molecular flexibility index (Phi) is 3.86. The summed E-state index contributed by atoms with van der Waals surface area (Å²) in [5.41, 5.74) is 3.57. The van der Waals surface area contributed by atoms with E-state index in [0.717, 1.165) is 37.8 Å². The van der Waals surface area contributed by atoms with E-state index in [1.165, 1.54) is 11.3 Å². The average molecular weight is 320 g/mol. The molecule has 0 atom stereocenters. The third kappa shape index (κ3) is 2.82. The Morgan fingerprint density at radius 1 is 0.792 bits per heavy atom. The summed E-state index contributed by atoms with van der Waals surface area (Å²) in [6.45, 7) is 5.87. The highest BCUT2D eigenvalue weighted by molar-refractivity contribution is 5.50. The van der Waals surface area contributed by atoms with Crippen molar-refractivity contribution < 1.29 is 0 Å². The van der Waals surface area contributed by atoms with Crippen LogP contribution in [0.3, 0.4) is 0 Å². The van der Waals surface area contributed by atoms with Crippen molar-refractivity contribution in [2.24, 2.45) is 0 Å². The molecule has 6 heteroatoms. The van der Waals surface area contributed by atoms with Crippen LogP contribution in [-0.2, 0) is 0 Å². The van der Waals surface area contributed by atoms with Gasteiger partial charge in [-0.2, -0.15) is 4.68 Å². The van der Waals surface area contributed by atoms with Crippen molar-refractivity contribution in [2.45, 2.75) is 6.92 Å². The number of tetrazole rings is 1. The summed E-state index contributed by atoms with van der Waals surface area (Å²) in [7, 11) is 0. The van der Waals surface area contributed by atoms with E-state index in [2.05, 4.69) is 56.5 Å². The van der Waals surface area contributed by atoms with Crippen LogP contribution in [0, 0.1) is 6.92 Å². The molecule has 1 aliphatic rings. The van der Waals surface area contributed by atoms with Gasteiger partial charge in [0.2, 0.25) is 5.95 Å². The number of rotatable bonds is 3. The second kappa shape index (κ2) is 6.31. The molecule has 0 saturated carbocycles. The molecule has 1 saturated heterocycles. The molecule has 3 aromatic rings. The molecular formula is C18H20N6. The highest BCUT2D eigenvalue weighted by atomic mass is 15.6. The molecular weight excluding hydrogens is 300 g/mol. The molecule has 1 aromatic heterocycles. The number of aromatic nitrogens is 4. The van der Waals surface area contributed by atoms with E-state index >= 15 is 0 Å². The molecule has 0 spiro atoms. The van der Waals surface area contributed by atoms with Crippen LogP contribution in [0.25, 0.3) is 5.69 Å². The molecule has 4 rings (SSSR count). The van der Waals surface area contributed by atoms with Gasteiger partial charge in [0.25, 0.3) is 0 Å². The van der Waals surface area contributed by atoms with Crippen LogP contribution in [0.1, 0.15) is 5.56 Å². The quantitative estimate of drug-likeness (QED) is 0.741. The molecule has 0 unspecified atom stereocenters. The number of nitrogens with zero attached hydrogens (tertiary/aromatic N) is 6. The Bertz CT molecular complexity index is 805. The Labute approximate surface area is 141 Å². The van der Waals surface area contributed by atoms with Gasteiger partial charge in [0.05, 0.1) is 5.69 Å². The number of hydrogen-bond donors (Lipinski definition) is 0. The normalized spacial score (nSPS) is 14.9. The maximum atomic E-state index is 4.24. The highest BCUT2D eigenvalue weighted by Gasteiger charge is 2.22. The van der Waals surface area contributed by atoms with Gasteiger partial charge in [-0.25, -0.2) is 0 Å². The first-order chi connectivity index (χ1) is 11.8. The first kappa shape index (κ1) is 14.7. The zero-order valence-corrected chi connectivity index (χ0v) is 13.7. The van der Waals surface area contributed by atoms with Crippen LogP contribution in [0.4, 0.5) is 11.6 Å². The van der Waals surface area contributed by atoms with Crippen molar-refractivity contribution in [3.63, 3.8) is 0 Å². The molecule has 0 radical (unpaired) electrons. The second-order valence-electron chi connectivity index (χ2n) is 6.04. The predicted molar refractivity (Wildman–Crippen MR) is 94.8 cm³/mol. The minimum Gasteiger partial charge on any atom is -0.368 e. The molecule has 0 amide bonds. The lowest BCUT2D eigenvalue weighted by molar-refractivity contribution is 0.631. The molecule has 0 bridgehead atoms. The Morgan fingerprint density at radius 3 is 2.25 bits per heavy atom. The van der Waals surface area contributed by atoms with E-state index in [1.54, 1.807) is 0 Å². The molecule has 0 N–H and O–H groups in total. The van der Waals surface area contributed by atoms with Crippen molar-refractivity contribution in [2.75, 3.05) is 36.0 Å². The molecule has 2 aromatic carbocycles. The number of benzene rings is 2. The van der Waals surface area contributed by atoms with Gasteiger partial charge in [0.15, 0.2) is 0 Å². The first-order valence-electron chi connectivity index (χ1n) is 8.21. The largest absolute Gasteiger partial charge is 0.368 e. The van der Waals surface area contributed by atoms with Crippen molar-refractivity contribution in [3.8, 4) is 5.69 Å². The predicted octanol–water partition coefficient (Wildman–Crippen LogP) is 2.30. The van der Waals surface area contributed by atoms with Crippen LogP contribution in [0.15, 0.2) is 54.6 Å². The maximum absolute atomic E-state index is 4.24. The molecule has 1 fully saturated rings. The number of para-hydroxylation sites is 1. The van der Waals surface area contributed by atoms with Crippen LogP contribution >= 0.6 is 0 Å². The van der Waals surface area contributed by atoms with Crippen molar-refractivity contribution in [3.05, 3.63) is 60.2 Å². The van der Waals surface area contributed by atoms with Crippen LogP contribution in [0.5, 0.6) is 0 Å². The van der Waals surface area contributed by atoms with Crippen molar-refractivity contribution in [1.82, 2.24) is 20.2 Å². The fraction of sp³-hybridized carbons (Fsp3) is 0.278. The van der Waals surface area contributed by atoms with E-state index in [1.807, 2.05) is 35.0 Å². The van der Waals surface area contributed by atoms with Crippen LogP contribution < -0.4 is 9.80 Å². The Morgan fingerprint density at radius 2 is 1.50 bits per heavy atom. The molecule has 24 heavy (non-hydrogen) atoms. The summed E-state index contributed by atoms with van der Waals surface area (Å²) < 4.78 is 1.81. The van der Waals surface area contributed by atoms with Crippen molar-refractivity contribution >= 4 is 11.6 Å². The fourth-order valence-electron chi connectivity index (χ4n) is 3.11. The molecule has 0 aliphatic carbocycles. The van der Waals surface area contributed by atoms with Gasteiger partial charge in [-0.15, -0.1) is 0 Å². The minimum atomic E-state index is 0.810. The van der Waals surface area contributed by atoms with Gasteiger partial charge in [0.1, 0.15) is 0 Å². The van der Waals surface area contributed by atoms with E-state index in [9.17, 15) is 0 Å². The van der Waals surface area contributed by atoms with Gasteiger partial charge < -0.3 is 9.80 Å². The molecule has 2 heterocycles. The monoisotopic (exact) mass is 320 g/mol. The van der Waals surface area contributed by atoms with Crippen LogP contribution in [-0.4, -0.2) is 46.4 Å². The lowest BCUT2D eigenvalue weighted by Gasteiger charge is -2.36. The van der Waals surface area contributed by atoms with Crippen molar-refractivity contribution in [1.29, 1.82) is 0 Å². The summed E-state index contributed by atoms with van der Waals surface area (Å²) in [5.74, 6) is 0.810. The third-order valence-corrected chi connectivity index (χ3v) is 4.38. The summed E-state index contributed by atoms with van der Waals surface area (Å²) in [6, 6.07) is 18.7. The van der Waals surface area contributed by atoms with Crippen LogP contribution in [0.2, 0.25) is 0 Å². The SMILES string of the molecule is Cc1cccc(N2CCN(c3nnnn3-c3ccccc3)CC2)c1. The third-order valence-electron chi connectivity index (χ3n) is 4.38. The van der Waals surface area contributed by atoms with Gasteiger partial charge in [-0.05, 0) is 47.2 Å². The number of hydrogen-bond acceptors (Lipinski definition) is 5. The molecule has 122 valence electrons. The topological polar surface area (TPSA) is 50.1 Å². The zero-order chi connectivity index (χ0) is 16.4. The van der Waals surface area contributed by atoms with E-state index in [4.69, 9.17) is 0 Å². The minimum absolute atomic E-state index is 0.810. The Hall–Kier alpha value is -2.89. The summed E-state index contributed by atoms with van der Waals surface area (Å²) in [5, 5.41) is 12.3. The number of piperazine rings is 1. The second-order valence-corrected chi connectivity index (χ2v) is 6.04. The standard InChI is InChI=1S/C18H20N6/c1-15-6-5-9-17(14-15)22-10-12-23(13-11-22)18-19-20-21-24(18)16-7-3-2-4-8-16/h2-9,14H,10-13H2,1H3. The fourth-order valence-corrected chi connectivity index (χ4v) is 3.11. The van der Waals surface area contributed by atoms with Gasteiger partial charge in [-0.3, -0.25) is 0 Å². The average Bonchev–Trinajstić information content (AvgIpc) is 3.12. The summed E-state index contributed by atoms with van der Waals surface area (Å²) in [6.07, 6.45) is 0. The smallest absolute Gasteiger partial charge is 0.250 e. The zero-order valence-electron chi connectivity index (χ0n) is 13.7. The van der Waals surface area contributed by atoms with Gasteiger partial charge in [0, 0.05) is 31.9 Å². The lowest BCUT2D eigenvalue weighted by Crippen LogP contribution is -2.47. The molecule has 1 aliphatic heterocycles. The summed E-state index contributed by atoms with van der Waals surface area (Å²) >= 11 is 0. The Balaban J connectivity index is 1.50. The lowest BCUT2D eigenvalue weighted by atomic mass is 10.2. The van der Waals surface area contributed by atoms with E-state index in [-0.39, 0.29) is 0 Å². The molecule has 6 nitrogen and oxygen atoms in total. The van der Waals surface area contributed by atoms with Gasteiger partial charge in [-0.1, -0.05) is 35.4 Å². The summed E-state index contributed by atoms with van der Waals surface area (Å²) in [4.78, 5) is 4.67. The number of anilines is 2. The van der Waals surface area contributed by atoms with E-state index < -0.39 is 0 Å². The van der Waals surface area contributed by atoms with Gasteiger partial charge >= 0.3 is 0 Å². The maximum Gasteiger partial charge on any atom is 0.250 e. The first-order valence-corrected chi connectivity index (χ1v) is 8.21. The number of aryl methyl sites for hydroxylation is 1. The van der Waals surface area contributed by atoms with E-state index in [0.29, 0.717) is 0 Å².